The highest BCUT2D eigenvalue weighted by molar-refractivity contribution is 6.24. The first-order chi connectivity index (χ1) is 22.8. The van der Waals surface area contributed by atoms with Gasteiger partial charge in [-0.05, 0) is 78.9 Å². The summed E-state index contributed by atoms with van der Waals surface area (Å²) in [4.78, 5) is 53.1. The summed E-state index contributed by atoms with van der Waals surface area (Å²) >= 11 is 0. The molecule has 3 aromatic carbocycles. The van der Waals surface area contributed by atoms with Gasteiger partial charge in [-0.2, -0.15) is 0 Å². The number of aliphatic hydroxyl groups excluding tert-OH is 2. The van der Waals surface area contributed by atoms with E-state index in [-0.39, 0.29) is 42.2 Å². The van der Waals surface area contributed by atoms with Gasteiger partial charge in [0.2, 0.25) is 5.78 Å². The zero-order chi connectivity index (χ0) is 34.7. The van der Waals surface area contributed by atoms with Crippen molar-refractivity contribution in [2.24, 2.45) is 17.6 Å². The maximum Gasteiger partial charge on any atom is 0.319 e. The van der Waals surface area contributed by atoms with E-state index in [2.05, 4.69) is 5.32 Å². The number of amides is 1. The Morgan fingerprint density at radius 3 is 2.38 bits per heavy atom. The maximum absolute atomic E-state index is 14.2. The van der Waals surface area contributed by atoms with Gasteiger partial charge in [0.25, 0.3) is 5.91 Å². The number of primary amides is 1. The summed E-state index contributed by atoms with van der Waals surface area (Å²) in [6.45, 7) is 2.49. The van der Waals surface area contributed by atoms with Crippen molar-refractivity contribution in [2.45, 2.75) is 38.0 Å². The van der Waals surface area contributed by atoms with E-state index >= 15 is 0 Å². The number of nitrogens with zero attached hydrogens (tertiary/aromatic N) is 1. The predicted octanol–water partition coefficient (Wildman–Crippen LogP) is 2.44. The standard InChI is InChI=1S/C36H37N3O9/c1-4-48-26(41)16-38-15-17-9-10-21(20-8-6-5-7-19(17)20)22-11-12-25(40)28-23(22)13-18-14-24-30(39(2)3)32(43)29(35(37)46)34(45)36(24,47)33(44)27(18)31(28)42/h5-12,18,24,30,38,40,42,45,47H,4,13-16H2,1-3H3,(H2,37,46)/t18-,24-,30-,36-/m0/s1. The van der Waals surface area contributed by atoms with Crippen LogP contribution in [0.5, 0.6) is 5.75 Å². The zero-order valence-electron chi connectivity index (χ0n) is 26.7. The van der Waals surface area contributed by atoms with Crippen LogP contribution >= 0.6 is 0 Å². The fourth-order valence-electron chi connectivity index (χ4n) is 7.76. The van der Waals surface area contributed by atoms with Crippen molar-refractivity contribution >= 4 is 40.0 Å². The minimum Gasteiger partial charge on any atom is -0.508 e. The number of carbonyl (C=O) groups is 4. The molecule has 250 valence electrons. The molecule has 1 saturated carbocycles. The zero-order valence-corrected chi connectivity index (χ0v) is 26.7. The largest absolute Gasteiger partial charge is 0.508 e. The average molecular weight is 656 g/mol. The molecule has 12 nitrogen and oxygen atoms in total. The summed E-state index contributed by atoms with van der Waals surface area (Å²) in [5.74, 6) is -7.32. The quantitative estimate of drug-likeness (QED) is 0.154. The molecule has 0 saturated heterocycles. The van der Waals surface area contributed by atoms with Gasteiger partial charge in [-0.3, -0.25) is 24.1 Å². The number of nitrogens with one attached hydrogen (secondary N) is 1. The summed E-state index contributed by atoms with van der Waals surface area (Å²) in [5, 5.41) is 50.6. The van der Waals surface area contributed by atoms with Gasteiger partial charge in [-0.15, -0.1) is 0 Å². The number of ketones is 2. The second kappa shape index (κ2) is 12.2. The Balaban J connectivity index is 1.47. The van der Waals surface area contributed by atoms with Gasteiger partial charge >= 0.3 is 5.97 Å². The molecule has 48 heavy (non-hydrogen) atoms. The number of nitrogens with two attached hydrogens (primary N) is 1. The molecule has 6 rings (SSSR count). The molecule has 1 amide bonds. The fourth-order valence-corrected chi connectivity index (χ4v) is 7.76. The number of fused-ring (bicyclic) bond motifs is 4. The summed E-state index contributed by atoms with van der Waals surface area (Å²) in [7, 11) is 3.12. The predicted molar refractivity (Wildman–Crippen MR) is 176 cm³/mol. The number of aromatic hydroxyl groups is 1. The maximum atomic E-state index is 14.2. The molecule has 3 aliphatic carbocycles. The van der Waals surface area contributed by atoms with Crippen molar-refractivity contribution in [1.82, 2.24) is 10.2 Å². The molecule has 0 aliphatic heterocycles. The van der Waals surface area contributed by atoms with E-state index in [0.717, 1.165) is 21.9 Å². The third-order valence-electron chi connectivity index (χ3n) is 9.80. The SMILES string of the molecule is CCOC(=O)CNCc1ccc(-c2ccc(O)c3c2C[C@H]2C[C@H]4[C@H](N(C)C)C(=O)C(C(N)=O)=C(O)[C@@]4(O)C(=O)C2=C3O)c2ccccc12. The molecule has 0 radical (unpaired) electrons. The Morgan fingerprint density at radius 1 is 1.02 bits per heavy atom. The van der Waals surface area contributed by atoms with Crippen LogP contribution in [0, 0.1) is 11.8 Å². The van der Waals surface area contributed by atoms with Gasteiger partial charge in [0, 0.05) is 18.0 Å². The first kappa shape index (κ1) is 32.9. The van der Waals surface area contributed by atoms with Crippen LogP contribution in [0.3, 0.4) is 0 Å². The summed E-state index contributed by atoms with van der Waals surface area (Å²) in [6.07, 6.45) is 0.155. The molecule has 0 aromatic heterocycles. The molecule has 1 fully saturated rings. The smallest absolute Gasteiger partial charge is 0.319 e. The van der Waals surface area contributed by atoms with E-state index in [4.69, 9.17) is 10.5 Å². The molecule has 0 bridgehead atoms. The van der Waals surface area contributed by atoms with E-state index in [1.54, 1.807) is 27.1 Å². The Kier molecular flexibility index (Phi) is 8.36. The Bertz CT molecular complexity index is 1960. The van der Waals surface area contributed by atoms with Crippen molar-refractivity contribution in [2.75, 3.05) is 27.2 Å². The normalized spacial score (nSPS) is 23.6. The average Bonchev–Trinajstić information content (AvgIpc) is 3.03. The highest BCUT2D eigenvalue weighted by Gasteiger charge is 2.64. The van der Waals surface area contributed by atoms with Crippen LogP contribution in [-0.4, -0.2) is 87.7 Å². The third kappa shape index (κ3) is 4.95. The van der Waals surface area contributed by atoms with Crippen molar-refractivity contribution in [3.05, 3.63) is 82.1 Å². The summed E-state index contributed by atoms with van der Waals surface area (Å²) in [6, 6.07) is 13.6. The number of ether oxygens (including phenoxy) is 1. The third-order valence-corrected chi connectivity index (χ3v) is 9.80. The Hall–Kier alpha value is -5.04. The van der Waals surface area contributed by atoms with E-state index in [1.807, 2.05) is 36.4 Å². The first-order valence-corrected chi connectivity index (χ1v) is 15.7. The summed E-state index contributed by atoms with van der Waals surface area (Å²) < 4.78 is 5.00. The van der Waals surface area contributed by atoms with Gasteiger partial charge < -0.3 is 36.2 Å². The van der Waals surface area contributed by atoms with Crippen LogP contribution in [-0.2, 0) is 36.9 Å². The van der Waals surface area contributed by atoms with Crippen LogP contribution in [0.15, 0.2) is 65.4 Å². The number of benzene rings is 3. The van der Waals surface area contributed by atoms with Gasteiger partial charge in [-0.25, -0.2) is 0 Å². The minimum atomic E-state index is -2.70. The van der Waals surface area contributed by atoms with Crippen LogP contribution in [0.25, 0.3) is 27.7 Å². The second-order valence-electron chi connectivity index (χ2n) is 12.7. The van der Waals surface area contributed by atoms with E-state index in [1.165, 1.54) is 11.0 Å². The van der Waals surface area contributed by atoms with E-state index in [9.17, 15) is 39.6 Å². The molecule has 7 N–H and O–H groups in total. The molecule has 0 unspecified atom stereocenters. The molecular formula is C36H37N3O9. The lowest BCUT2D eigenvalue weighted by Gasteiger charge is -2.50. The lowest BCUT2D eigenvalue weighted by Crippen LogP contribution is -2.65. The van der Waals surface area contributed by atoms with Gasteiger partial charge in [0.1, 0.15) is 22.8 Å². The molecule has 12 heteroatoms. The number of hydrogen-bond donors (Lipinski definition) is 6. The number of rotatable bonds is 8. The number of carbonyl (C=O) groups excluding carboxylic acids is 4. The minimum absolute atomic E-state index is 0.00726. The van der Waals surface area contributed by atoms with Crippen LogP contribution in [0.4, 0.5) is 0 Å². The van der Waals surface area contributed by atoms with E-state index in [0.29, 0.717) is 24.3 Å². The van der Waals surface area contributed by atoms with Gasteiger partial charge in [0.05, 0.1) is 24.8 Å². The lowest BCUT2D eigenvalue weighted by molar-refractivity contribution is -0.153. The van der Waals surface area contributed by atoms with E-state index < -0.39 is 58.0 Å². The monoisotopic (exact) mass is 655 g/mol. The van der Waals surface area contributed by atoms with Crippen LogP contribution in [0.1, 0.15) is 30.0 Å². The fraction of sp³-hybridized carbons (Fsp3) is 0.333. The van der Waals surface area contributed by atoms with Gasteiger partial charge in [-0.1, -0.05) is 42.5 Å². The van der Waals surface area contributed by atoms with Crippen molar-refractivity contribution in [1.29, 1.82) is 0 Å². The molecule has 3 aromatic rings. The lowest BCUT2D eigenvalue weighted by atomic mass is 9.57. The van der Waals surface area contributed by atoms with Gasteiger partial charge in [0.15, 0.2) is 11.4 Å². The number of hydrogen-bond acceptors (Lipinski definition) is 11. The van der Waals surface area contributed by atoms with Crippen molar-refractivity contribution < 1.29 is 44.3 Å². The Morgan fingerprint density at radius 2 is 1.71 bits per heavy atom. The number of likely N-dealkylation sites (N-methyl/N-ethyl adjacent to an activating group) is 1. The number of phenols is 1. The number of esters is 1. The van der Waals surface area contributed by atoms with Crippen molar-refractivity contribution in [3.63, 3.8) is 0 Å². The van der Waals surface area contributed by atoms with Crippen molar-refractivity contribution in [3.8, 4) is 16.9 Å². The number of aliphatic hydroxyl groups is 3. The second-order valence-corrected chi connectivity index (χ2v) is 12.7. The Labute approximate surface area is 276 Å². The molecule has 4 atom stereocenters. The molecule has 0 spiro atoms. The van der Waals surface area contributed by atoms with Crippen LogP contribution < -0.4 is 11.1 Å². The first-order valence-electron chi connectivity index (χ1n) is 15.7. The topological polar surface area (TPSA) is 200 Å². The highest BCUT2D eigenvalue weighted by Crippen LogP contribution is 2.54. The summed E-state index contributed by atoms with van der Waals surface area (Å²) in [5.41, 5.74) is 4.68. The van der Waals surface area contributed by atoms with Crippen LogP contribution in [0.2, 0.25) is 0 Å². The molecule has 0 heterocycles. The number of Topliss-reactive ketones (excluding diaryl/α,β-unsaturated/α-hetero) is 2. The molecule has 3 aliphatic rings. The highest BCUT2D eigenvalue weighted by atomic mass is 16.5. The number of phenolic OH excluding ortho intramolecular Hbond substituents is 1. The molecular weight excluding hydrogens is 618 g/mol.